The van der Waals surface area contributed by atoms with Crippen LogP contribution < -0.4 is 5.32 Å². The van der Waals surface area contributed by atoms with Gasteiger partial charge < -0.3 is 20.3 Å². The highest BCUT2D eigenvalue weighted by molar-refractivity contribution is 5.67. The predicted octanol–water partition coefficient (Wildman–Crippen LogP) is 4.94. The van der Waals surface area contributed by atoms with Gasteiger partial charge in [-0.05, 0) is 12.8 Å². The lowest BCUT2D eigenvalue weighted by Gasteiger charge is -2.18. The van der Waals surface area contributed by atoms with Crippen LogP contribution in [-0.2, 0) is 4.74 Å². The molecule has 5 nitrogen and oxygen atoms in total. The maximum atomic E-state index is 11.6. The molecular weight excluding hydrogens is 354 g/mol. The van der Waals surface area contributed by atoms with E-state index in [0.717, 1.165) is 32.1 Å². The van der Waals surface area contributed by atoms with Crippen molar-refractivity contribution in [3.63, 3.8) is 0 Å². The highest BCUT2D eigenvalue weighted by atomic mass is 16.5. The second kappa shape index (κ2) is 20.5. The molecule has 0 radical (unpaired) electrons. The molecule has 0 saturated heterocycles. The average molecular weight is 398 g/mol. The van der Waals surface area contributed by atoms with Crippen molar-refractivity contribution in [2.24, 2.45) is 0 Å². The summed E-state index contributed by atoms with van der Waals surface area (Å²) in [5.41, 5.74) is 0. The molecule has 0 rings (SSSR count). The summed E-state index contributed by atoms with van der Waals surface area (Å²) >= 11 is 0. The fraction of sp³-hybridized carbons (Fsp3) is 0.870. The molecule has 164 valence electrons. The molecule has 0 fully saturated rings. The Hall–Kier alpha value is -1.25. The third-order valence-corrected chi connectivity index (χ3v) is 4.77. The van der Waals surface area contributed by atoms with Crippen LogP contribution in [0.4, 0.5) is 4.79 Å². The van der Waals surface area contributed by atoms with Crippen LogP contribution in [0.2, 0.25) is 0 Å². The standard InChI is InChI=1S/C23H43NO4/c1-3-5-7-8-9-10-11-12-13-14-15-16-17-18-22(26)21(20-25)24-23(27)28-19-6-4-2/h21-22,25-26H,3-16,19-20H2,1-2H3,(H,24,27)/t21-,22-/m0/s1. The normalized spacial score (nSPS) is 12.7. The molecule has 5 heteroatoms. The van der Waals surface area contributed by atoms with Gasteiger partial charge in [-0.3, -0.25) is 0 Å². The van der Waals surface area contributed by atoms with Gasteiger partial charge in [0.1, 0.15) is 6.10 Å². The van der Waals surface area contributed by atoms with Crippen molar-refractivity contribution in [1.82, 2.24) is 5.32 Å². The summed E-state index contributed by atoms with van der Waals surface area (Å²) in [5, 5.41) is 21.8. The molecule has 0 heterocycles. The highest BCUT2D eigenvalue weighted by Crippen LogP contribution is 2.11. The topological polar surface area (TPSA) is 78.8 Å². The van der Waals surface area contributed by atoms with Crippen LogP contribution in [0.5, 0.6) is 0 Å². The molecular formula is C23H43NO4. The van der Waals surface area contributed by atoms with Gasteiger partial charge in [-0.25, -0.2) is 4.79 Å². The first-order chi connectivity index (χ1) is 13.7. The van der Waals surface area contributed by atoms with Gasteiger partial charge in [-0.15, -0.1) is 5.92 Å². The fourth-order valence-corrected chi connectivity index (χ4v) is 2.88. The summed E-state index contributed by atoms with van der Waals surface area (Å²) in [7, 11) is 0. The lowest BCUT2D eigenvalue weighted by Crippen LogP contribution is -2.45. The van der Waals surface area contributed by atoms with E-state index in [2.05, 4.69) is 24.1 Å². The summed E-state index contributed by atoms with van der Waals surface area (Å²) in [6.45, 7) is 4.21. The average Bonchev–Trinajstić information content (AvgIpc) is 2.69. The zero-order chi connectivity index (χ0) is 20.9. The molecule has 0 bridgehead atoms. The Labute approximate surface area is 172 Å². The lowest BCUT2D eigenvalue weighted by molar-refractivity contribution is 0.103. The van der Waals surface area contributed by atoms with Gasteiger partial charge >= 0.3 is 6.09 Å². The van der Waals surface area contributed by atoms with E-state index in [1.54, 1.807) is 0 Å². The van der Waals surface area contributed by atoms with Gasteiger partial charge in [0, 0.05) is 6.42 Å². The van der Waals surface area contributed by atoms with Crippen LogP contribution in [-0.4, -0.2) is 41.7 Å². The van der Waals surface area contributed by atoms with Gasteiger partial charge in [0.2, 0.25) is 0 Å². The van der Waals surface area contributed by atoms with E-state index in [0.29, 0.717) is 6.61 Å². The molecule has 0 aliphatic rings. The van der Waals surface area contributed by atoms with Gasteiger partial charge in [0.25, 0.3) is 0 Å². The number of ether oxygens (including phenoxy) is 1. The minimum Gasteiger partial charge on any atom is -0.450 e. The Morgan fingerprint density at radius 1 is 0.893 bits per heavy atom. The smallest absolute Gasteiger partial charge is 0.407 e. The van der Waals surface area contributed by atoms with Crippen molar-refractivity contribution in [1.29, 1.82) is 0 Å². The summed E-state index contributed by atoms with van der Waals surface area (Å²) in [6, 6.07) is -0.820. The number of hydrogen-bond acceptors (Lipinski definition) is 4. The molecule has 0 aliphatic heterocycles. The van der Waals surface area contributed by atoms with Crippen molar-refractivity contribution >= 4 is 6.09 Å². The van der Waals surface area contributed by atoms with Crippen molar-refractivity contribution in [2.75, 3.05) is 13.2 Å². The summed E-state index contributed by atoms with van der Waals surface area (Å²) in [6.07, 6.45) is 14.9. The van der Waals surface area contributed by atoms with Crippen molar-refractivity contribution < 1.29 is 19.7 Å². The van der Waals surface area contributed by atoms with E-state index in [1.165, 1.54) is 57.8 Å². The van der Waals surface area contributed by atoms with Crippen LogP contribution in [0.3, 0.4) is 0 Å². The molecule has 3 N–H and O–H groups in total. The van der Waals surface area contributed by atoms with Crippen LogP contribution in [0.15, 0.2) is 0 Å². The number of hydrogen-bond donors (Lipinski definition) is 3. The Balaban J connectivity index is 3.71. The molecule has 1 amide bonds. The molecule has 2 atom stereocenters. The summed E-state index contributed by atoms with van der Waals surface area (Å²) in [4.78, 5) is 11.6. The maximum absolute atomic E-state index is 11.6. The number of aliphatic hydroxyl groups excluding tert-OH is 2. The zero-order valence-electron chi connectivity index (χ0n) is 18.2. The number of carbonyl (C=O) groups is 1. The second-order valence-electron chi connectivity index (χ2n) is 7.47. The molecule has 0 unspecified atom stereocenters. The fourth-order valence-electron chi connectivity index (χ4n) is 2.88. The van der Waals surface area contributed by atoms with Crippen molar-refractivity contribution in [3.8, 4) is 11.8 Å². The van der Waals surface area contributed by atoms with E-state index in [9.17, 15) is 15.0 Å². The predicted molar refractivity (Wildman–Crippen MR) is 115 cm³/mol. The molecule has 0 saturated carbocycles. The van der Waals surface area contributed by atoms with Crippen molar-refractivity contribution in [3.05, 3.63) is 0 Å². The Morgan fingerprint density at radius 2 is 1.43 bits per heavy atom. The number of alkyl carbamates (subject to hydrolysis) is 1. The molecule has 0 aromatic heterocycles. The minimum absolute atomic E-state index is 0.334. The Bertz CT molecular complexity index is 417. The van der Waals surface area contributed by atoms with Gasteiger partial charge in [0.15, 0.2) is 0 Å². The van der Waals surface area contributed by atoms with E-state index in [1.807, 2.05) is 6.92 Å². The first-order valence-corrected chi connectivity index (χ1v) is 11.4. The molecule has 0 aromatic rings. The number of unbranched alkanes of at least 4 members (excludes halogenated alkanes) is 12. The van der Waals surface area contributed by atoms with Crippen LogP contribution in [0.25, 0.3) is 0 Å². The SMILES string of the molecule is CCCCCCCCCCCCCC#C[C@H](O)[C@H](CO)NC(=O)OCCCC. The second-order valence-corrected chi connectivity index (χ2v) is 7.47. The van der Waals surface area contributed by atoms with Gasteiger partial charge in [0.05, 0.1) is 19.3 Å². The molecule has 0 spiro atoms. The van der Waals surface area contributed by atoms with E-state index < -0.39 is 18.2 Å². The van der Waals surface area contributed by atoms with Crippen LogP contribution in [0, 0.1) is 11.8 Å². The number of amides is 1. The largest absolute Gasteiger partial charge is 0.450 e. The third-order valence-electron chi connectivity index (χ3n) is 4.77. The van der Waals surface area contributed by atoms with E-state index in [-0.39, 0.29) is 6.61 Å². The number of rotatable bonds is 17. The maximum Gasteiger partial charge on any atom is 0.407 e. The number of carbonyl (C=O) groups excluding carboxylic acids is 1. The first kappa shape index (κ1) is 26.8. The minimum atomic E-state index is -1.09. The monoisotopic (exact) mass is 397 g/mol. The van der Waals surface area contributed by atoms with E-state index in [4.69, 9.17) is 4.74 Å². The van der Waals surface area contributed by atoms with Gasteiger partial charge in [-0.2, -0.15) is 0 Å². The lowest BCUT2D eigenvalue weighted by atomic mass is 10.1. The number of nitrogens with one attached hydrogen (secondary N) is 1. The molecule has 28 heavy (non-hydrogen) atoms. The van der Waals surface area contributed by atoms with Gasteiger partial charge in [-0.1, -0.05) is 90.4 Å². The summed E-state index contributed by atoms with van der Waals surface area (Å²) in [5.74, 6) is 5.67. The third kappa shape index (κ3) is 16.9. The van der Waals surface area contributed by atoms with Crippen molar-refractivity contribution in [2.45, 2.75) is 116 Å². The Morgan fingerprint density at radius 3 is 1.96 bits per heavy atom. The quantitative estimate of drug-likeness (QED) is 0.240. The number of aliphatic hydroxyl groups is 2. The first-order valence-electron chi connectivity index (χ1n) is 11.4. The zero-order valence-corrected chi connectivity index (χ0v) is 18.2. The summed E-state index contributed by atoms with van der Waals surface area (Å²) < 4.78 is 4.97. The van der Waals surface area contributed by atoms with Crippen LogP contribution >= 0.6 is 0 Å². The van der Waals surface area contributed by atoms with Crippen LogP contribution in [0.1, 0.15) is 104 Å². The highest BCUT2D eigenvalue weighted by Gasteiger charge is 2.19. The van der Waals surface area contributed by atoms with E-state index >= 15 is 0 Å². The molecule has 0 aromatic carbocycles. The molecule has 0 aliphatic carbocycles. The Kier molecular flexibility index (Phi) is 19.6.